The van der Waals surface area contributed by atoms with Crippen LogP contribution in [0.4, 0.5) is 0 Å². The number of carbonyl (C=O) groups excluding carboxylic acids is 1. The van der Waals surface area contributed by atoms with Crippen molar-refractivity contribution in [2.75, 3.05) is 20.8 Å². The fourth-order valence-electron chi connectivity index (χ4n) is 1.59. The number of methoxy groups -OCH3 is 2. The van der Waals surface area contributed by atoms with Gasteiger partial charge in [-0.3, -0.25) is 4.79 Å². The predicted molar refractivity (Wildman–Crippen MR) is 75.1 cm³/mol. The number of esters is 1. The summed E-state index contributed by atoms with van der Waals surface area (Å²) in [7, 11) is 3.13. The smallest absolute Gasteiger partial charge is 0.323 e. The molecule has 0 bridgehead atoms. The molecule has 0 aliphatic heterocycles. The molecule has 0 unspecified atom stereocenters. The van der Waals surface area contributed by atoms with Gasteiger partial charge in [-0.2, -0.15) is 0 Å². The third-order valence-electron chi connectivity index (χ3n) is 2.49. The lowest BCUT2D eigenvalue weighted by molar-refractivity contribution is -0.144. The number of benzene rings is 1. The van der Waals surface area contributed by atoms with Crippen LogP contribution in [0.3, 0.4) is 0 Å². The van der Waals surface area contributed by atoms with Crippen molar-refractivity contribution in [1.29, 1.82) is 0 Å². The van der Waals surface area contributed by atoms with Crippen LogP contribution in [0, 0.1) is 0 Å². The molecule has 0 aliphatic rings. The monoisotopic (exact) mass is 289 g/mol. The topological polar surface area (TPSA) is 70.8 Å². The van der Waals surface area contributed by atoms with E-state index in [0.717, 1.165) is 5.56 Å². The van der Waals surface area contributed by atoms with Gasteiger partial charge >= 0.3 is 5.97 Å². The van der Waals surface area contributed by atoms with Crippen LogP contribution in [0.25, 0.3) is 0 Å². The molecule has 0 heterocycles. The maximum absolute atomic E-state index is 11.4. The van der Waals surface area contributed by atoms with Gasteiger partial charge in [-0.1, -0.05) is 6.07 Å². The molecule has 108 valence electrons. The lowest BCUT2D eigenvalue weighted by Crippen LogP contribution is -2.34. The van der Waals surface area contributed by atoms with E-state index in [-0.39, 0.29) is 12.4 Å². The van der Waals surface area contributed by atoms with Crippen molar-refractivity contribution in [2.24, 2.45) is 5.73 Å². The molecule has 0 spiro atoms. The minimum absolute atomic E-state index is 0. The summed E-state index contributed by atoms with van der Waals surface area (Å²) in [6.07, 6.45) is 0.402. The van der Waals surface area contributed by atoms with Crippen LogP contribution in [-0.2, 0) is 16.0 Å². The molecule has 0 fully saturated rings. The first-order valence-corrected chi connectivity index (χ1v) is 5.75. The summed E-state index contributed by atoms with van der Waals surface area (Å²) in [5.41, 5.74) is 6.65. The highest BCUT2D eigenvalue weighted by Crippen LogP contribution is 2.27. The Kier molecular flexibility index (Phi) is 7.95. The maximum atomic E-state index is 11.4. The predicted octanol–water partition coefficient (Wildman–Crippen LogP) is 1.56. The Morgan fingerprint density at radius 2 is 1.89 bits per heavy atom. The van der Waals surface area contributed by atoms with E-state index in [1.165, 1.54) is 0 Å². The zero-order valence-electron chi connectivity index (χ0n) is 11.3. The summed E-state index contributed by atoms with van der Waals surface area (Å²) >= 11 is 0. The fraction of sp³-hybridized carbons (Fsp3) is 0.462. The van der Waals surface area contributed by atoms with Crippen molar-refractivity contribution in [1.82, 2.24) is 0 Å². The van der Waals surface area contributed by atoms with E-state index < -0.39 is 12.0 Å². The Morgan fingerprint density at radius 3 is 2.42 bits per heavy atom. The SMILES string of the molecule is CCOC(=O)[C@@H](N)Cc1ccc(OC)c(OC)c1.Cl. The summed E-state index contributed by atoms with van der Waals surface area (Å²) in [5, 5.41) is 0. The third-order valence-corrected chi connectivity index (χ3v) is 2.49. The Morgan fingerprint density at radius 1 is 1.26 bits per heavy atom. The molecule has 1 aromatic carbocycles. The molecule has 1 atom stereocenters. The van der Waals surface area contributed by atoms with Crippen molar-refractivity contribution in [3.8, 4) is 11.5 Å². The van der Waals surface area contributed by atoms with Gasteiger partial charge in [-0.05, 0) is 31.0 Å². The molecular formula is C13H20ClNO4. The minimum atomic E-state index is -0.664. The quantitative estimate of drug-likeness (QED) is 0.805. The molecule has 0 saturated heterocycles. The number of hydrogen-bond donors (Lipinski definition) is 1. The molecule has 2 N–H and O–H groups in total. The fourth-order valence-corrected chi connectivity index (χ4v) is 1.59. The normalized spacial score (nSPS) is 11.2. The molecule has 0 amide bonds. The van der Waals surface area contributed by atoms with E-state index in [4.69, 9.17) is 19.9 Å². The number of ether oxygens (including phenoxy) is 3. The average molecular weight is 290 g/mol. The highest BCUT2D eigenvalue weighted by atomic mass is 35.5. The molecule has 1 aromatic rings. The number of rotatable bonds is 6. The summed E-state index contributed by atoms with van der Waals surface area (Å²) in [6.45, 7) is 2.08. The summed E-state index contributed by atoms with van der Waals surface area (Å²) in [5.74, 6) is 0.865. The Bertz CT molecular complexity index is 412. The highest BCUT2D eigenvalue weighted by Gasteiger charge is 2.16. The molecule has 1 rings (SSSR count). The first-order valence-electron chi connectivity index (χ1n) is 5.75. The van der Waals surface area contributed by atoms with Crippen molar-refractivity contribution < 1.29 is 19.0 Å². The van der Waals surface area contributed by atoms with Crippen LogP contribution in [0.1, 0.15) is 12.5 Å². The molecular weight excluding hydrogens is 270 g/mol. The van der Waals surface area contributed by atoms with Gasteiger partial charge in [0.2, 0.25) is 0 Å². The van der Waals surface area contributed by atoms with E-state index in [1.54, 1.807) is 33.3 Å². The van der Waals surface area contributed by atoms with Gasteiger partial charge < -0.3 is 19.9 Å². The molecule has 0 aromatic heterocycles. The van der Waals surface area contributed by atoms with Crippen LogP contribution in [0.2, 0.25) is 0 Å². The highest BCUT2D eigenvalue weighted by molar-refractivity contribution is 5.85. The van der Waals surface area contributed by atoms with Crippen LogP contribution in [0.15, 0.2) is 18.2 Å². The van der Waals surface area contributed by atoms with Crippen LogP contribution >= 0.6 is 12.4 Å². The minimum Gasteiger partial charge on any atom is -0.493 e. The van der Waals surface area contributed by atoms with Gasteiger partial charge in [0.25, 0.3) is 0 Å². The van der Waals surface area contributed by atoms with Crippen LogP contribution in [-0.4, -0.2) is 32.8 Å². The zero-order valence-corrected chi connectivity index (χ0v) is 12.2. The third kappa shape index (κ3) is 4.96. The Hall–Kier alpha value is -1.46. The molecule has 0 radical (unpaired) electrons. The molecule has 5 nitrogen and oxygen atoms in total. The maximum Gasteiger partial charge on any atom is 0.323 e. The van der Waals surface area contributed by atoms with Gasteiger partial charge in [0.1, 0.15) is 6.04 Å². The number of nitrogens with two attached hydrogens (primary N) is 1. The van der Waals surface area contributed by atoms with Crippen LogP contribution < -0.4 is 15.2 Å². The van der Waals surface area contributed by atoms with Crippen molar-refractivity contribution in [3.05, 3.63) is 23.8 Å². The van der Waals surface area contributed by atoms with E-state index in [9.17, 15) is 4.79 Å². The lowest BCUT2D eigenvalue weighted by Gasteiger charge is -2.13. The first-order chi connectivity index (χ1) is 8.62. The second-order valence-corrected chi connectivity index (χ2v) is 3.75. The van der Waals surface area contributed by atoms with E-state index >= 15 is 0 Å². The van der Waals surface area contributed by atoms with Crippen molar-refractivity contribution in [3.63, 3.8) is 0 Å². The number of halogens is 1. The number of carbonyl (C=O) groups is 1. The molecule has 19 heavy (non-hydrogen) atoms. The average Bonchev–Trinajstić information content (AvgIpc) is 2.38. The van der Waals surface area contributed by atoms with Crippen molar-refractivity contribution in [2.45, 2.75) is 19.4 Å². The van der Waals surface area contributed by atoms with Crippen molar-refractivity contribution >= 4 is 18.4 Å². The van der Waals surface area contributed by atoms with Gasteiger partial charge in [-0.25, -0.2) is 0 Å². The summed E-state index contributed by atoms with van der Waals surface area (Å²) in [6, 6.07) is 4.77. The van der Waals surface area contributed by atoms with Crippen LogP contribution in [0.5, 0.6) is 11.5 Å². The van der Waals surface area contributed by atoms with E-state index in [2.05, 4.69) is 0 Å². The Balaban J connectivity index is 0.00000324. The first kappa shape index (κ1) is 17.5. The summed E-state index contributed by atoms with van der Waals surface area (Å²) < 4.78 is 15.2. The molecule has 6 heteroatoms. The Labute approximate surface area is 119 Å². The number of hydrogen-bond acceptors (Lipinski definition) is 5. The molecule has 0 aliphatic carbocycles. The summed E-state index contributed by atoms with van der Waals surface area (Å²) in [4.78, 5) is 11.4. The van der Waals surface area contributed by atoms with Gasteiger partial charge in [0.15, 0.2) is 11.5 Å². The van der Waals surface area contributed by atoms with E-state index in [1.807, 2.05) is 6.07 Å². The lowest BCUT2D eigenvalue weighted by atomic mass is 10.1. The van der Waals surface area contributed by atoms with Gasteiger partial charge in [0, 0.05) is 0 Å². The van der Waals surface area contributed by atoms with Gasteiger partial charge in [0.05, 0.1) is 20.8 Å². The molecule has 0 saturated carbocycles. The second-order valence-electron chi connectivity index (χ2n) is 3.75. The van der Waals surface area contributed by atoms with E-state index in [0.29, 0.717) is 24.5 Å². The second kappa shape index (κ2) is 8.61. The van der Waals surface area contributed by atoms with Gasteiger partial charge in [-0.15, -0.1) is 12.4 Å². The zero-order chi connectivity index (χ0) is 13.5. The largest absolute Gasteiger partial charge is 0.493 e. The standard InChI is InChI=1S/C13H19NO4.ClH/c1-4-18-13(15)10(14)7-9-5-6-11(16-2)12(8-9)17-3;/h5-6,8,10H,4,7,14H2,1-3H3;1H/t10-;/m0./s1.